The molecule has 1 aromatic carbocycles. The van der Waals surface area contributed by atoms with E-state index in [4.69, 9.17) is 5.10 Å². The van der Waals surface area contributed by atoms with Gasteiger partial charge in [-0.05, 0) is 60.0 Å². The number of carbonyl (C=O) groups is 1. The third-order valence-corrected chi connectivity index (χ3v) is 4.35. The summed E-state index contributed by atoms with van der Waals surface area (Å²) in [5.74, 6) is -0.0744. The lowest BCUT2D eigenvalue weighted by molar-refractivity contribution is -0.104. The molecule has 0 aliphatic carbocycles. The minimum atomic E-state index is -0.294. The van der Waals surface area contributed by atoms with Gasteiger partial charge in [-0.25, -0.2) is 8.91 Å². The molecule has 3 nitrogen and oxygen atoms in total. The van der Waals surface area contributed by atoms with Gasteiger partial charge in [0.1, 0.15) is 12.1 Å². The third kappa shape index (κ3) is 3.23. The summed E-state index contributed by atoms with van der Waals surface area (Å²) in [5, 5.41) is 4.83. The Morgan fingerprint density at radius 2 is 1.92 bits per heavy atom. The highest BCUT2D eigenvalue weighted by atomic mass is 19.1. The second-order valence-electron chi connectivity index (χ2n) is 6.45. The molecule has 0 saturated heterocycles. The molecule has 0 atom stereocenters. The van der Waals surface area contributed by atoms with Crippen LogP contribution >= 0.6 is 0 Å². The Kier molecular flexibility index (Phi) is 5.12. The van der Waals surface area contributed by atoms with Crippen molar-refractivity contribution >= 4 is 17.9 Å². The molecule has 0 fully saturated rings. The van der Waals surface area contributed by atoms with Gasteiger partial charge in [-0.15, -0.1) is 6.58 Å². The number of hydrogen-bond acceptors (Lipinski definition) is 2. The fourth-order valence-corrected chi connectivity index (χ4v) is 3.25. The van der Waals surface area contributed by atoms with Crippen LogP contribution in [0.1, 0.15) is 36.6 Å². The first-order valence-corrected chi connectivity index (χ1v) is 8.60. The molecule has 0 amide bonds. The summed E-state index contributed by atoms with van der Waals surface area (Å²) in [5.41, 5.74) is 5.56. The molecular formula is C22H21FN2O. The molecule has 2 heterocycles. The maximum Gasteiger partial charge on any atom is 0.142 e. The quantitative estimate of drug-likeness (QED) is 0.348. The largest absolute Gasteiger partial charge is 0.299 e. The topological polar surface area (TPSA) is 34.4 Å². The zero-order valence-electron chi connectivity index (χ0n) is 14.9. The Morgan fingerprint density at radius 1 is 1.19 bits per heavy atom. The fourth-order valence-electron chi connectivity index (χ4n) is 3.25. The van der Waals surface area contributed by atoms with Crippen molar-refractivity contribution in [3.8, 4) is 11.3 Å². The number of aromatic nitrogens is 2. The van der Waals surface area contributed by atoms with E-state index < -0.39 is 0 Å². The maximum atomic E-state index is 13.4. The van der Waals surface area contributed by atoms with Crippen LogP contribution < -0.4 is 0 Å². The Labute approximate surface area is 152 Å². The molecule has 4 heteroatoms. The number of rotatable bonds is 6. The maximum absolute atomic E-state index is 13.4. The van der Waals surface area contributed by atoms with E-state index >= 15 is 0 Å². The van der Waals surface area contributed by atoms with E-state index in [2.05, 4.69) is 20.4 Å². The molecule has 26 heavy (non-hydrogen) atoms. The van der Waals surface area contributed by atoms with Gasteiger partial charge in [0, 0.05) is 23.2 Å². The smallest absolute Gasteiger partial charge is 0.142 e. The van der Waals surface area contributed by atoms with Gasteiger partial charge in [0.05, 0.1) is 11.2 Å². The van der Waals surface area contributed by atoms with Crippen molar-refractivity contribution in [2.45, 2.75) is 26.2 Å². The fraction of sp³-hybridized carbons (Fsp3) is 0.182. The van der Waals surface area contributed by atoms with E-state index in [9.17, 15) is 9.18 Å². The zero-order chi connectivity index (χ0) is 18.7. The summed E-state index contributed by atoms with van der Waals surface area (Å²) in [6, 6.07) is 10.4. The van der Waals surface area contributed by atoms with Gasteiger partial charge in [-0.1, -0.05) is 19.9 Å². The molecule has 132 valence electrons. The lowest BCUT2D eigenvalue weighted by Crippen LogP contribution is -2.07. The second kappa shape index (κ2) is 7.48. The Morgan fingerprint density at radius 3 is 2.54 bits per heavy atom. The van der Waals surface area contributed by atoms with E-state index in [-0.39, 0.29) is 11.7 Å². The number of carbonyl (C=O) groups excluding carboxylic acids is 1. The molecule has 0 unspecified atom stereocenters. The summed E-state index contributed by atoms with van der Waals surface area (Å²) in [4.78, 5) is 10.9. The Hall–Kier alpha value is -3.01. The van der Waals surface area contributed by atoms with Gasteiger partial charge in [0.2, 0.25) is 0 Å². The molecule has 0 saturated carbocycles. The number of fused-ring (bicyclic) bond motifs is 1. The van der Waals surface area contributed by atoms with Crippen molar-refractivity contribution < 1.29 is 9.18 Å². The molecule has 2 aromatic heterocycles. The average Bonchev–Trinajstić information content (AvgIpc) is 3.02. The first-order chi connectivity index (χ1) is 12.6. The minimum Gasteiger partial charge on any atom is -0.299 e. The number of hydrogen-bond donors (Lipinski definition) is 0. The first kappa shape index (κ1) is 17.8. The lowest BCUT2D eigenvalue weighted by atomic mass is 9.93. The summed E-state index contributed by atoms with van der Waals surface area (Å²) in [6.07, 6.45) is 6.56. The second-order valence-corrected chi connectivity index (χ2v) is 6.45. The van der Waals surface area contributed by atoms with E-state index in [1.54, 1.807) is 18.2 Å². The molecule has 3 aromatic rings. The van der Waals surface area contributed by atoms with E-state index in [0.717, 1.165) is 39.9 Å². The van der Waals surface area contributed by atoms with Crippen LogP contribution in [0.5, 0.6) is 0 Å². The summed E-state index contributed by atoms with van der Waals surface area (Å²) in [7, 11) is 0. The number of nitrogens with zero attached hydrogens (tertiary/aromatic N) is 2. The summed E-state index contributed by atoms with van der Waals surface area (Å²) >= 11 is 0. The van der Waals surface area contributed by atoms with Crippen molar-refractivity contribution in [2.24, 2.45) is 0 Å². The SMILES string of the molecule is C=CCc1ccc2c(C(C)C)c(/C=C/C=O)c(-c3ccc(F)cc3)nn12. The normalized spacial score (nSPS) is 11.5. The van der Waals surface area contributed by atoms with Gasteiger partial charge >= 0.3 is 0 Å². The van der Waals surface area contributed by atoms with Crippen LogP contribution in [0.15, 0.2) is 55.1 Å². The van der Waals surface area contributed by atoms with Crippen molar-refractivity contribution in [1.82, 2.24) is 9.61 Å². The summed E-state index contributed by atoms with van der Waals surface area (Å²) < 4.78 is 15.3. The van der Waals surface area contributed by atoms with Gasteiger partial charge in [0.25, 0.3) is 0 Å². The van der Waals surface area contributed by atoms with E-state index in [1.165, 1.54) is 18.2 Å². The molecule has 0 N–H and O–H groups in total. The van der Waals surface area contributed by atoms with Crippen molar-refractivity contribution in [1.29, 1.82) is 0 Å². The minimum absolute atomic E-state index is 0.220. The standard InChI is InChI=1S/C22H21FN2O/c1-4-6-18-12-13-20-21(15(2)3)19(7-5-14-26)22(24-25(18)20)16-8-10-17(23)11-9-16/h4-5,7-15H,1,6H2,2-3H3/b7-5+. The highest BCUT2D eigenvalue weighted by molar-refractivity contribution is 5.84. The Balaban J connectivity index is 2.40. The average molecular weight is 348 g/mol. The van der Waals surface area contributed by atoms with Gasteiger partial charge in [-0.3, -0.25) is 4.79 Å². The first-order valence-electron chi connectivity index (χ1n) is 8.60. The molecule has 0 aliphatic heterocycles. The van der Waals surface area contributed by atoms with E-state index in [1.807, 2.05) is 22.7 Å². The van der Waals surface area contributed by atoms with Gasteiger partial charge in [-0.2, -0.15) is 5.10 Å². The van der Waals surface area contributed by atoms with Crippen LogP contribution in [0, 0.1) is 5.82 Å². The molecule has 0 bridgehead atoms. The van der Waals surface area contributed by atoms with Gasteiger partial charge < -0.3 is 0 Å². The number of allylic oxidation sites excluding steroid dienone is 2. The number of aldehydes is 1. The Bertz CT molecular complexity index is 982. The third-order valence-electron chi connectivity index (χ3n) is 4.35. The summed E-state index contributed by atoms with van der Waals surface area (Å²) in [6.45, 7) is 8.04. The molecule has 0 aliphatic rings. The van der Waals surface area contributed by atoms with Crippen molar-refractivity contribution in [3.05, 3.63) is 77.8 Å². The van der Waals surface area contributed by atoms with Crippen LogP contribution in [0.2, 0.25) is 0 Å². The molecule has 0 spiro atoms. The number of benzene rings is 1. The van der Waals surface area contributed by atoms with Crippen molar-refractivity contribution in [2.75, 3.05) is 0 Å². The van der Waals surface area contributed by atoms with E-state index in [0.29, 0.717) is 6.42 Å². The molecule has 0 radical (unpaired) electrons. The monoisotopic (exact) mass is 348 g/mol. The van der Waals surface area contributed by atoms with Crippen LogP contribution in [-0.4, -0.2) is 15.9 Å². The van der Waals surface area contributed by atoms with Gasteiger partial charge in [0.15, 0.2) is 0 Å². The number of halogens is 1. The van der Waals surface area contributed by atoms with Crippen LogP contribution in [0.4, 0.5) is 4.39 Å². The molecular weight excluding hydrogens is 327 g/mol. The van der Waals surface area contributed by atoms with Crippen LogP contribution in [0.3, 0.4) is 0 Å². The van der Waals surface area contributed by atoms with Crippen LogP contribution in [0.25, 0.3) is 22.9 Å². The highest BCUT2D eigenvalue weighted by Crippen LogP contribution is 2.33. The zero-order valence-corrected chi connectivity index (χ0v) is 14.9. The van der Waals surface area contributed by atoms with Crippen molar-refractivity contribution in [3.63, 3.8) is 0 Å². The predicted octanol–water partition coefficient (Wildman–Crippen LogP) is 5.20. The highest BCUT2D eigenvalue weighted by Gasteiger charge is 2.19. The molecule has 3 rings (SSSR count). The lowest BCUT2D eigenvalue weighted by Gasteiger charge is -2.17. The predicted molar refractivity (Wildman–Crippen MR) is 104 cm³/mol. The van der Waals surface area contributed by atoms with Crippen LogP contribution in [-0.2, 0) is 11.2 Å².